The van der Waals surface area contributed by atoms with Crippen molar-refractivity contribution in [2.75, 3.05) is 26.7 Å². The van der Waals surface area contributed by atoms with Crippen LogP contribution in [0.15, 0.2) is 28.8 Å². The third kappa shape index (κ3) is 3.24. The van der Waals surface area contributed by atoms with Gasteiger partial charge in [0.1, 0.15) is 0 Å². The predicted octanol–water partition coefficient (Wildman–Crippen LogP) is 2.99. The molecule has 124 valence electrons. The average Bonchev–Trinajstić information content (AvgIpc) is 3.17. The molecule has 1 N–H and O–H groups in total. The number of benzene rings is 1. The normalized spacial score (nSPS) is 27.5. The number of halogens is 2. The molecule has 3 atom stereocenters. The van der Waals surface area contributed by atoms with Crippen molar-refractivity contribution in [3.8, 4) is 0 Å². The molecule has 7 heteroatoms. The summed E-state index contributed by atoms with van der Waals surface area (Å²) >= 11 is 6.28. The van der Waals surface area contributed by atoms with Crippen molar-refractivity contribution >= 4 is 24.0 Å². The van der Waals surface area contributed by atoms with Crippen molar-refractivity contribution in [1.82, 2.24) is 20.4 Å². The van der Waals surface area contributed by atoms with E-state index in [-0.39, 0.29) is 18.4 Å². The molecule has 1 aromatic heterocycles. The maximum Gasteiger partial charge on any atom is 0.230 e. The number of nitrogens with one attached hydrogen (secondary N) is 1. The molecule has 2 aromatic rings. The maximum atomic E-state index is 6.28. The van der Waals surface area contributed by atoms with Crippen molar-refractivity contribution in [1.29, 1.82) is 0 Å². The topological polar surface area (TPSA) is 54.2 Å². The van der Waals surface area contributed by atoms with Gasteiger partial charge >= 0.3 is 0 Å². The van der Waals surface area contributed by atoms with E-state index in [1.807, 2.05) is 18.2 Å². The first-order chi connectivity index (χ1) is 10.7. The number of hydrogen-bond donors (Lipinski definition) is 1. The monoisotopic (exact) mass is 354 g/mol. The quantitative estimate of drug-likeness (QED) is 0.917. The minimum atomic E-state index is 0. The number of piperazine rings is 1. The molecule has 0 spiro atoms. The lowest BCUT2D eigenvalue weighted by atomic mass is 10.1. The SMILES string of the molecule is CN1CCNCC1c1noc(C2CC2c2ccccc2Cl)n1.Cl. The van der Waals surface area contributed by atoms with Crippen molar-refractivity contribution < 1.29 is 4.52 Å². The lowest BCUT2D eigenvalue weighted by Gasteiger charge is -2.30. The lowest BCUT2D eigenvalue weighted by molar-refractivity contribution is 0.190. The van der Waals surface area contributed by atoms with E-state index in [4.69, 9.17) is 16.1 Å². The predicted molar refractivity (Wildman–Crippen MR) is 91.3 cm³/mol. The Kier molecular flexibility index (Phi) is 4.92. The minimum Gasteiger partial charge on any atom is -0.339 e. The van der Waals surface area contributed by atoms with Gasteiger partial charge in [0, 0.05) is 30.6 Å². The molecular weight excluding hydrogens is 335 g/mol. The summed E-state index contributed by atoms with van der Waals surface area (Å²) in [6.07, 6.45) is 1.03. The van der Waals surface area contributed by atoms with Gasteiger partial charge in [-0.05, 0) is 31.0 Å². The Hall–Kier alpha value is -1.14. The van der Waals surface area contributed by atoms with Gasteiger partial charge < -0.3 is 9.84 Å². The molecule has 2 fully saturated rings. The summed E-state index contributed by atoms with van der Waals surface area (Å²) in [5.74, 6) is 2.25. The van der Waals surface area contributed by atoms with E-state index in [2.05, 4.69) is 33.5 Å². The summed E-state index contributed by atoms with van der Waals surface area (Å²) in [5, 5.41) is 8.41. The van der Waals surface area contributed by atoms with Gasteiger partial charge in [-0.1, -0.05) is 35.0 Å². The summed E-state index contributed by atoms with van der Waals surface area (Å²) in [6, 6.07) is 8.21. The molecule has 1 aromatic carbocycles. The highest BCUT2D eigenvalue weighted by molar-refractivity contribution is 6.31. The van der Waals surface area contributed by atoms with Crippen LogP contribution >= 0.6 is 24.0 Å². The van der Waals surface area contributed by atoms with Gasteiger partial charge in [0.15, 0.2) is 5.82 Å². The fourth-order valence-corrected chi connectivity index (χ4v) is 3.49. The minimum absolute atomic E-state index is 0. The molecular formula is C16H20Cl2N4O. The summed E-state index contributed by atoms with van der Waals surface area (Å²) < 4.78 is 5.52. The van der Waals surface area contributed by atoms with Gasteiger partial charge in [0.2, 0.25) is 5.89 Å². The van der Waals surface area contributed by atoms with Crippen LogP contribution in [0.3, 0.4) is 0 Å². The lowest BCUT2D eigenvalue weighted by Crippen LogP contribution is -2.44. The van der Waals surface area contributed by atoms with E-state index >= 15 is 0 Å². The maximum absolute atomic E-state index is 6.28. The van der Waals surface area contributed by atoms with Gasteiger partial charge in [-0.25, -0.2) is 0 Å². The smallest absolute Gasteiger partial charge is 0.230 e. The van der Waals surface area contributed by atoms with Gasteiger partial charge in [-0.15, -0.1) is 12.4 Å². The van der Waals surface area contributed by atoms with Crippen LogP contribution in [-0.2, 0) is 0 Å². The van der Waals surface area contributed by atoms with E-state index in [0.717, 1.165) is 42.8 Å². The molecule has 4 rings (SSSR count). The Labute approximate surface area is 146 Å². The molecule has 5 nitrogen and oxygen atoms in total. The number of rotatable bonds is 3. The highest BCUT2D eigenvalue weighted by Crippen LogP contribution is 2.55. The summed E-state index contributed by atoms with van der Waals surface area (Å²) in [6.45, 7) is 2.88. The van der Waals surface area contributed by atoms with Crippen LogP contribution in [0.5, 0.6) is 0 Å². The Morgan fingerprint density at radius 2 is 2.13 bits per heavy atom. The molecule has 0 radical (unpaired) electrons. The third-order valence-corrected chi connectivity index (χ3v) is 5.02. The van der Waals surface area contributed by atoms with Crippen LogP contribution in [0.4, 0.5) is 0 Å². The second kappa shape index (κ2) is 6.77. The zero-order valence-electron chi connectivity index (χ0n) is 12.9. The molecule has 0 amide bonds. The molecule has 2 aliphatic rings. The zero-order valence-corrected chi connectivity index (χ0v) is 14.5. The Balaban J connectivity index is 0.00000156. The first-order valence-electron chi connectivity index (χ1n) is 7.73. The van der Waals surface area contributed by atoms with Gasteiger partial charge in [0.05, 0.1) is 6.04 Å². The van der Waals surface area contributed by atoms with Crippen molar-refractivity contribution in [3.63, 3.8) is 0 Å². The summed E-state index contributed by atoms with van der Waals surface area (Å²) in [7, 11) is 2.10. The molecule has 1 aliphatic carbocycles. The number of likely N-dealkylation sites (N-methyl/N-ethyl adjacent to an activating group) is 1. The molecule has 2 heterocycles. The van der Waals surface area contributed by atoms with E-state index < -0.39 is 0 Å². The fourth-order valence-electron chi connectivity index (χ4n) is 3.21. The largest absolute Gasteiger partial charge is 0.339 e. The summed E-state index contributed by atoms with van der Waals surface area (Å²) in [4.78, 5) is 6.92. The Bertz CT molecular complexity index is 678. The Morgan fingerprint density at radius 1 is 1.30 bits per heavy atom. The van der Waals surface area contributed by atoms with E-state index in [0.29, 0.717) is 11.8 Å². The number of nitrogens with zero attached hydrogens (tertiary/aromatic N) is 3. The molecule has 0 bridgehead atoms. The third-order valence-electron chi connectivity index (χ3n) is 4.68. The van der Waals surface area contributed by atoms with Crippen LogP contribution in [-0.4, -0.2) is 41.7 Å². The highest BCUT2D eigenvalue weighted by atomic mass is 35.5. The first-order valence-corrected chi connectivity index (χ1v) is 8.10. The first kappa shape index (κ1) is 16.7. The van der Waals surface area contributed by atoms with E-state index in [1.54, 1.807) is 0 Å². The van der Waals surface area contributed by atoms with Gasteiger partial charge in [0.25, 0.3) is 0 Å². The van der Waals surface area contributed by atoms with Crippen LogP contribution in [0.2, 0.25) is 5.02 Å². The van der Waals surface area contributed by atoms with E-state index in [9.17, 15) is 0 Å². The average molecular weight is 355 g/mol. The van der Waals surface area contributed by atoms with Crippen LogP contribution in [0.25, 0.3) is 0 Å². The number of aromatic nitrogens is 2. The Morgan fingerprint density at radius 3 is 2.91 bits per heavy atom. The molecule has 1 saturated carbocycles. The highest BCUT2D eigenvalue weighted by Gasteiger charge is 2.45. The summed E-state index contributed by atoms with van der Waals surface area (Å²) in [5.41, 5.74) is 1.19. The molecule has 1 saturated heterocycles. The molecule has 3 unspecified atom stereocenters. The second-order valence-electron chi connectivity index (χ2n) is 6.16. The van der Waals surface area contributed by atoms with Crippen molar-refractivity contribution in [2.45, 2.75) is 24.3 Å². The van der Waals surface area contributed by atoms with Crippen LogP contribution in [0.1, 0.15) is 41.6 Å². The number of hydrogen-bond acceptors (Lipinski definition) is 5. The van der Waals surface area contributed by atoms with Crippen LogP contribution < -0.4 is 5.32 Å². The van der Waals surface area contributed by atoms with Gasteiger partial charge in [-0.3, -0.25) is 4.90 Å². The second-order valence-corrected chi connectivity index (χ2v) is 6.57. The van der Waals surface area contributed by atoms with E-state index in [1.165, 1.54) is 5.56 Å². The van der Waals surface area contributed by atoms with Crippen LogP contribution in [0, 0.1) is 0 Å². The molecule has 23 heavy (non-hydrogen) atoms. The zero-order chi connectivity index (χ0) is 15.1. The standard InChI is InChI=1S/C16H19ClN4O.ClH/c1-21-7-6-18-9-14(21)15-19-16(22-20-15)12-8-11(12)10-4-2-3-5-13(10)17;/h2-5,11-12,14,18H,6-9H2,1H3;1H. The fraction of sp³-hybridized carbons (Fsp3) is 0.500. The van der Waals surface area contributed by atoms with Crippen molar-refractivity contribution in [3.05, 3.63) is 46.6 Å². The van der Waals surface area contributed by atoms with Crippen molar-refractivity contribution in [2.24, 2.45) is 0 Å². The van der Waals surface area contributed by atoms with Gasteiger partial charge in [-0.2, -0.15) is 4.98 Å². The molecule has 1 aliphatic heterocycles.